The molecule has 1 aromatic heterocycles. The zero-order chi connectivity index (χ0) is 17.8. The summed E-state index contributed by atoms with van der Waals surface area (Å²) in [5, 5.41) is 10.5. The summed E-state index contributed by atoms with van der Waals surface area (Å²) in [5.74, 6) is 1.44. The normalized spacial score (nSPS) is 12.0. The number of fused-ring (bicyclic) bond motifs is 1. The van der Waals surface area contributed by atoms with Crippen LogP contribution in [0.5, 0.6) is 5.75 Å². The predicted octanol–water partition coefficient (Wildman–Crippen LogP) is 0.00130. The van der Waals surface area contributed by atoms with Gasteiger partial charge in [-0.15, -0.1) is 0 Å². The molecule has 0 fully saturated rings. The van der Waals surface area contributed by atoms with Crippen molar-refractivity contribution in [3.05, 3.63) is 60.2 Å². The minimum atomic E-state index is -0.656. The van der Waals surface area contributed by atoms with Crippen molar-refractivity contribution in [3.63, 3.8) is 0 Å². The fourth-order valence-electron chi connectivity index (χ4n) is 3.15. The molecule has 6 heteroatoms. The minimum absolute atomic E-state index is 0. The van der Waals surface area contributed by atoms with E-state index in [2.05, 4.69) is 35.2 Å². The average molecular weight is 470 g/mol. The highest BCUT2D eigenvalue weighted by Crippen LogP contribution is 2.17. The quantitative estimate of drug-likeness (QED) is 0.390. The lowest BCUT2D eigenvalue weighted by atomic mass is 10.3. The first-order chi connectivity index (χ1) is 12.1. The number of benzene rings is 2. The summed E-state index contributed by atoms with van der Waals surface area (Å²) in [6.07, 6.45) is 1.32. The van der Waals surface area contributed by atoms with Crippen LogP contribution in [-0.2, 0) is 20.0 Å². The number of rotatable bonds is 7. The van der Waals surface area contributed by atoms with Crippen molar-refractivity contribution >= 4 is 11.0 Å². The standard InChI is InChI=1S/C20H24FN2O2.HI/c1-3-6-20-22(2)18-7-4-5-8-19(18)23(20)13-16(24)14-25-17-11-9-15(21)10-12-17;/h4-5,7-12,16,24H,3,6,13-14H2,1-2H3;1H/q+1;/p-1. The molecule has 0 saturated carbocycles. The number of para-hydroxylation sites is 2. The van der Waals surface area contributed by atoms with Crippen molar-refractivity contribution in [1.82, 2.24) is 4.57 Å². The summed E-state index contributed by atoms with van der Waals surface area (Å²) in [7, 11) is 2.06. The number of nitrogens with zero attached hydrogens (tertiary/aromatic N) is 2. The maximum atomic E-state index is 12.9. The molecule has 0 amide bonds. The monoisotopic (exact) mass is 470 g/mol. The molecule has 4 nitrogen and oxygen atoms in total. The number of aliphatic hydroxyl groups excluding tert-OH is 1. The third-order valence-corrected chi connectivity index (χ3v) is 4.36. The summed E-state index contributed by atoms with van der Waals surface area (Å²) < 4.78 is 22.9. The Morgan fingerprint density at radius 2 is 1.85 bits per heavy atom. The first kappa shape index (κ1) is 20.6. The summed E-state index contributed by atoms with van der Waals surface area (Å²) in [6, 6.07) is 14.0. The van der Waals surface area contributed by atoms with Crippen LogP contribution < -0.4 is 33.3 Å². The van der Waals surface area contributed by atoms with Crippen LogP contribution in [-0.4, -0.2) is 22.4 Å². The van der Waals surface area contributed by atoms with Gasteiger partial charge in [0.05, 0.1) is 7.05 Å². The minimum Gasteiger partial charge on any atom is -1.00 e. The second kappa shape index (κ2) is 9.32. The molecule has 0 aliphatic heterocycles. The van der Waals surface area contributed by atoms with Crippen molar-refractivity contribution in [3.8, 4) is 5.75 Å². The topological polar surface area (TPSA) is 38.3 Å². The van der Waals surface area contributed by atoms with Crippen molar-refractivity contribution in [2.45, 2.75) is 32.4 Å². The first-order valence-corrected chi connectivity index (χ1v) is 8.62. The van der Waals surface area contributed by atoms with Gasteiger partial charge in [-0.1, -0.05) is 19.1 Å². The molecule has 140 valence electrons. The second-order valence-corrected chi connectivity index (χ2v) is 6.24. The third-order valence-electron chi connectivity index (χ3n) is 4.36. The molecular weight excluding hydrogens is 446 g/mol. The first-order valence-electron chi connectivity index (χ1n) is 8.62. The number of aryl methyl sites for hydroxylation is 1. The molecule has 1 N–H and O–H groups in total. The predicted molar refractivity (Wildman–Crippen MR) is 95.0 cm³/mol. The van der Waals surface area contributed by atoms with Gasteiger partial charge in [0.1, 0.15) is 30.8 Å². The molecule has 1 unspecified atom stereocenters. The zero-order valence-electron chi connectivity index (χ0n) is 15.0. The Bertz CT molecular complexity index is 849. The van der Waals surface area contributed by atoms with Gasteiger partial charge in [0.25, 0.3) is 5.82 Å². The van der Waals surface area contributed by atoms with Crippen LogP contribution in [0, 0.1) is 5.82 Å². The van der Waals surface area contributed by atoms with Crippen LogP contribution in [0.25, 0.3) is 11.0 Å². The molecule has 0 spiro atoms. The van der Waals surface area contributed by atoms with Crippen molar-refractivity contribution in [2.75, 3.05) is 6.61 Å². The fourth-order valence-corrected chi connectivity index (χ4v) is 3.15. The highest BCUT2D eigenvalue weighted by molar-refractivity contribution is 5.72. The summed E-state index contributed by atoms with van der Waals surface area (Å²) in [6.45, 7) is 2.77. The van der Waals surface area contributed by atoms with E-state index in [9.17, 15) is 9.50 Å². The van der Waals surface area contributed by atoms with E-state index < -0.39 is 6.10 Å². The average Bonchev–Trinajstić information content (AvgIpc) is 2.88. The van der Waals surface area contributed by atoms with Crippen LogP contribution >= 0.6 is 0 Å². The Balaban J connectivity index is 0.00000243. The molecule has 0 radical (unpaired) electrons. The molecule has 26 heavy (non-hydrogen) atoms. The Kier molecular flexibility index (Phi) is 7.40. The van der Waals surface area contributed by atoms with Crippen molar-refractivity contribution in [2.24, 2.45) is 7.05 Å². The zero-order valence-corrected chi connectivity index (χ0v) is 17.2. The molecule has 1 heterocycles. The molecule has 2 aromatic carbocycles. The Labute approximate surface area is 170 Å². The highest BCUT2D eigenvalue weighted by Gasteiger charge is 2.23. The van der Waals surface area contributed by atoms with Crippen LogP contribution in [0.1, 0.15) is 19.2 Å². The number of halogens is 2. The molecule has 0 aliphatic carbocycles. The van der Waals surface area contributed by atoms with Crippen LogP contribution in [0.4, 0.5) is 4.39 Å². The van der Waals surface area contributed by atoms with E-state index in [1.807, 2.05) is 12.1 Å². The Morgan fingerprint density at radius 1 is 1.15 bits per heavy atom. The molecule has 3 aromatic rings. The number of hydrogen-bond acceptors (Lipinski definition) is 2. The second-order valence-electron chi connectivity index (χ2n) is 6.24. The maximum Gasteiger partial charge on any atom is 0.257 e. The van der Waals surface area contributed by atoms with E-state index in [1.165, 1.54) is 18.0 Å². The van der Waals surface area contributed by atoms with Crippen LogP contribution in [0.15, 0.2) is 48.5 Å². The Hall–Kier alpha value is -1.67. The number of aliphatic hydroxyl groups is 1. The van der Waals surface area contributed by atoms with Crippen molar-refractivity contribution in [1.29, 1.82) is 0 Å². The summed E-state index contributed by atoms with van der Waals surface area (Å²) >= 11 is 0. The van der Waals surface area contributed by atoms with Crippen LogP contribution in [0.2, 0.25) is 0 Å². The van der Waals surface area contributed by atoms with E-state index in [1.54, 1.807) is 12.1 Å². The molecule has 1 atom stereocenters. The van der Waals surface area contributed by atoms with Gasteiger partial charge in [-0.3, -0.25) is 0 Å². The molecule has 3 rings (SSSR count). The van der Waals surface area contributed by atoms with E-state index in [0.29, 0.717) is 12.3 Å². The SMILES string of the molecule is CCCc1n(CC(O)COc2ccc(F)cc2)c2ccccc2[n+]1C.[I-]. The van der Waals surface area contributed by atoms with Gasteiger partial charge in [0, 0.05) is 6.42 Å². The largest absolute Gasteiger partial charge is 1.00 e. The van der Waals surface area contributed by atoms with Gasteiger partial charge in [-0.05, 0) is 42.8 Å². The molecule has 0 saturated heterocycles. The third kappa shape index (κ3) is 4.54. The molecule has 0 aliphatic rings. The molecular formula is C20H24FIN2O2. The fraction of sp³-hybridized carbons (Fsp3) is 0.350. The lowest BCUT2D eigenvalue weighted by molar-refractivity contribution is -0.654. The van der Waals surface area contributed by atoms with Gasteiger partial charge >= 0.3 is 0 Å². The van der Waals surface area contributed by atoms with E-state index >= 15 is 0 Å². The lowest BCUT2D eigenvalue weighted by Crippen LogP contribution is -3.00. The summed E-state index contributed by atoms with van der Waals surface area (Å²) in [4.78, 5) is 0. The van der Waals surface area contributed by atoms with Gasteiger partial charge in [0.15, 0.2) is 11.0 Å². The van der Waals surface area contributed by atoms with E-state index in [-0.39, 0.29) is 36.4 Å². The van der Waals surface area contributed by atoms with E-state index in [0.717, 1.165) is 23.9 Å². The van der Waals surface area contributed by atoms with E-state index in [4.69, 9.17) is 4.74 Å². The van der Waals surface area contributed by atoms with Crippen molar-refractivity contribution < 1.29 is 42.8 Å². The number of ether oxygens (including phenoxy) is 1. The number of hydrogen-bond donors (Lipinski definition) is 1. The lowest BCUT2D eigenvalue weighted by Gasteiger charge is -2.12. The van der Waals surface area contributed by atoms with Gasteiger partial charge < -0.3 is 33.8 Å². The molecule has 0 bridgehead atoms. The Morgan fingerprint density at radius 3 is 2.54 bits per heavy atom. The van der Waals surface area contributed by atoms with Gasteiger partial charge in [0.2, 0.25) is 0 Å². The van der Waals surface area contributed by atoms with Gasteiger partial charge in [-0.2, -0.15) is 0 Å². The highest BCUT2D eigenvalue weighted by atomic mass is 127. The van der Waals surface area contributed by atoms with Crippen LogP contribution in [0.3, 0.4) is 0 Å². The number of aromatic nitrogens is 2. The maximum absolute atomic E-state index is 12.9. The summed E-state index contributed by atoms with van der Waals surface area (Å²) in [5.41, 5.74) is 2.26. The number of imidazole rings is 1. The van der Waals surface area contributed by atoms with Gasteiger partial charge in [-0.25, -0.2) is 13.5 Å². The smallest absolute Gasteiger partial charge is 0.257 e.